The van der Waals surface area contributed by atoms with E-state index in [-0.39, 0.29) is 30.4 Å². The number of rotatable bonds is 8. The fraction of sp³-hybridized carbons (Fsp3) is 0.812. The maximum absolute atomic E-state index is 12.6. The Balaban J connectivity index is 5.35. The summed E-state index contributed by atoms with van der Waals surface area (Å²) in [4.78, 5) is 36.1. The fourth-order valence-corrected chi connectivity index (χ4v) is 2.51. The van der Waals surface area contributed by atoms with Crippen molar-refractivity contribution in [3.05, 3.63) is 0 Å². The molecule has 0 radical (unpaired) electrons. The van der Waals surface area contributed by atoms with Gasteiger partial charge in [0, 0.05) is 19.4 Å². The van der Waals surface area contributed by atoms with Crippen molar-refractivity contribution in [2.24, 2.45) is 23.2 Å². The van der Waals surface area contributed by atoms with Gasteiger partial charge in [-0.2, -0.15) is 0 Å². The van der Waals surface area contributed by atoms with Crippen LogP contribution in [0.3, 0.4) is 0 Å². The Labute approximate surface area is 137 Å². The van der Waals surface area contributed by atoms with Crippen molar-refractivity contribution < 1.29 is 24.7 Å². The Bertz CT molecular complexity index is 429. The molecule has 23 heavy (non-hydrogen) atoms. The Morgan fingerprint density at radius 3 is 1.96 bits per heavy atom. The van der Waals surface area contributed by atoms with Gasteiger partial charge in [-0.3, -0.25) is 19.6 Å². The summed E-state index contributed by atoms with van der Waals surface area (Å²) in [6.07, 6.45) is -1.42. The van der Waals surface area contributed by atoms with Crippen molar-refractivity contribution in [2.75, 3.05) is 7.05 Å². The highest BCUT2D eigenvalue weighted by molar-refractivity contribution is 5.92. The van der Waals surface area contributed by atoms with Crippen LogP contribution in [0.2, 0.25) is 0 Å². The standard InChI is InChI=1S/C16H30N2O5/c1-9(2)7-10(13(20)15(22)18-23)12(19)8-11(14(21)17-6)16(3,4)5/h9-11,13,20,23H,7-8H2,1-6H3,(H,17,21)(H,18,22)/t10-,11?,13-/m0/s1. The summed E-state index contributed by atoms with van der Waals surface area (Å²) in [5.41, 5.74) is 0.928. The van der Waals surface area contributed by atoms with Crippen molar-refractivity contribution in [3.63, 3.8) is 0 Å². The molecule has 3 atom stereocenters. The molecule has 2 amide bonds. The largest absolute Gasteiger partial charge is 0.382 e. The second-order valence-corrected chi connectivity index (χ2v) is 7.36. The Kier molecular flexibility index (Phi) is 8.41. The molecule has 0 rings (SSSR count). The summed E-state index contributed by atoms with van der Waals surface area (Å²) in [5.74, 6) is -3.10. The number of hydroxylamine groups is 1. The van der Waals surface area contributed by atoms with Crippen LogP contribution in [0.5, 0.6) is 0 Å². The zero-order valence-electron chi connectivity index (χ0n) is 14.8. The molecule has 7 heteroatoms. The quantitative estimate of drug-likeness (QED) is 0.389. The molecular formula is C16H30N2O5. The van der Waals surface area contributed by atoms with E-state index < -0.39 is 29.3 Å². The van der Waals surface area contributed by atoms with Crippen LogP contribution in [0.15, 0.2) is 0 Å². The lowest BCUT2D eigenvalue weighted by Crippen LogP contribution is -2.44. The molecule has 0 heterocycles. The molecule has 0 aromatic rings. The molecule has 0 saturated heterocycles. The molecule has 0 aliphatic rings. The summed E-state index contributed by atoms with van der Waals surface area (Å²) in [7, 11) is 1.51. The van der Waals surface area contributed by atoms with Crippen LogP contribution in [0.1, 0.15) is 47.5 Å². The van der Waals surface area contributed by atoms with Crippen LogP contribution >= 0.6 is 0 Å². The van der Waals surface area contributed by atoms with Crippen LogP contribution < -0.4 is 10.8 Å². The van der Waals surface area contributed by atoms with Gasteiger partial charge in [0.2, 0.25) is 5.91 Å². The molecule has 0 saturated carbocycles. The zero-order chi connectivity index (χ0) is 18.4. The van der Waals surface area contributed by atoms with Gasteiger partial charge in [0.15, 0.2) is 0 Å². The number of nitrogens with one attached hydrogen (secondary N) is 2. The summed E-state index contributed by atoms with van der Waals surface area (Å²) in [6.45, 7) is 9.30. The van der Waals surface area contributed by atoms with Gasteiger partial charge in [-0.15, -0.1) is 0 Å². The second kappa shape index (κ2) is 8.98. The predicted octanol–water partition coefficient (Wildman–Crippen LogP) is 0.883. The average Bonchev–Trinajstić information content (AvgIpc) is 2.46. The first-order valence-electron chi connectivity index (χ1n) is 7.82. The summed E-state index contributed by atoms with van der Waals surface area (Å²) >= 11 is 0. The van der Waals surface area contributed by atoms with Crippen LogP contribution in [0.4, 0.5) is 0 Å². The molecule has 7 nitrogen and oxygen atoms in total. The number of ketones is 1. The summed E-state index contributed by atoms with van der Waals surface area (Å²) in [5, 5.41) is 21.2. The Morgan fingerprint density at radius 2 is 1.61 bits per heavy atom. The molecule has 0 aromatic heterocycles. The number of carbonyl (C=O) groups excluding carboxylic acids is 3. The number of aliphatic hydroxyl groups excluding tert-OH is 1. The summed E-state index contributed by atoms with van der Waals surface area (Å²) < 4.78 is 0. The van der Waals surface area contributed by atoms with Crippen molar-refractivity contribution >= 4 is 17.6 Å². The Hall–Kier alpha value is -1.47. The average molecular weight is 330 g/mol. The van der Waals surface area contributed by atoms with Crippen LogP contribution in [0, 0.1) is 23.2 Å². The van der Waals surface area contributed by atoms with Gasteiger partial charge in [-0.25, -0.2) is 5.48 Å². The highest BCUT2D eigenvalue weighted by atomic mass is 16.5. The van der Waals surface area contributed by atoms with E-state index in [0.717, 1.165) is 0 Å². The zero-order valence-corrected chi connectivity index (χ0v) is 14.8. The molecule has 0 spiro atoms. The minimum atomic E-state index is -1.64. The minimum absolute atomic E-state index is 0.0678. The van der Waals surface area contributed by atoms with Crippen molar-refractivity contribution in [1.82, 2.24) is 10.8 Å². The number of amides is 2. The van der Waals surface area contributed by atoms with Gasteiger partial charge in [-0.05, 0) is 17.8 Å². The third kappa shape index (κ3) is 6.66. The van der Waals surface area contributed by atoms with E-state index in [0.29, 0.717) is 0 Å². The molecule has 1 unspecified atom stereocenters. The van der Waals surface area contributed by atoms with E-state index in [1.54, 1.807) is 0 Å². The molecular weight excluding hydrogens is 300 g/mol. The fourth-order valence-electron chi connectivity index (χ4n) is 2.51. The van der Waals surface area contributed by atoms with Gasteiger partial charge in [-0.1, -0.05) is 34.6 Å². The first-order chi connectivity index (χ1) is 10.4. The van der Waals surface area contributed by atoms with Crippen molar-refractivity contribution in [3.8, 4) is 0 Å². The number of hydrogen-bond acceptors (Lipinski definition) is 5. The van der Waals surface area contributed by atoms with Gasteiger partial charge < -0.3 is 10.4 Å². The number of carbonyl (C=O) groups is 3. The molecule has 0 aromatic carbocycles. The maximum atomic E-state index is 12.6. The second-order valence-electron chi connectivity index (χ2n) is 7.36. The molecule has 4 N–H and O–H groups in total. The highest BCUT2D eigenvalue weighted by Gasteiger charge is 2.38. The van der Waals surface area contributed by atoms with Crippen molar-refractivity contribution in [2.45, 2.75) is 53.6 Å². The van der Waals surface area contributed by atoms with E-state index in [9.17, 15) is 19.5 Å². The van der Waals surface area contributed by atoms with E-state index in [2.05, 4.69) is 5.32 Å². The number of aliphatic hydroxyl groups is 1. The lowest BCUT2D eigenvalue weighted by Gasteiger charge is -2.31. The topological polar surface area (TPSA) is 116 Å². The van der Waals surface area contributed by atoms with Crippen LogP contribution in [0.25, 0.3) is 0 Å². The lowest BCUT2D eigenvalue weighted by molar-refractivity contribution is -0.147. The van der Waals surface area contributed by atoms with E-state index in [4.69, 9.17) is 5.21 Å². The van der Waals surface area contributed by atoms with E-state index in [1.165, 1.54) is 12.5 Å². The van der Waals surface area contributed by atoms with Gasteiger partial charge >= 0.3 is 0 Å². The van der Waals surface area contributed by atoms with Crippen LogP contribution in [-0.2, 0) is 14.4 Å². The number of Topliss-reactive ketones (excluding diaryl/α,β-unsaturated/α-hetero) is 1. The molecule has 0 fully saturated rings. The monoisotopic (exact) mass is 330 g/mol. The number of hydrogen-bond donors (Lipinski definition) is 4. The molecule has 0 bridgehead atoms. The molecule has 0 aliphatic carbocycles. The smallest absolute Gasteiger partial charge is 0.272 e. The maximum Gasteiger partial charge on any atom is 0.272 e. The SMILES string of the molecule is CNC(=O)C(CC(=O)[C@H](CC(C)C)[C@H](O)C(=O)NO)C(C)(C)C. The van der Waals surface area contributed by atoms with Gasteiger partial charge in [0.05, 0.1) is 5.92 Å². The minimum Gasteiger partial charge on any atom is -0.382 e. The predicted molar refractivity (Wildman–Crippen MR) is 85.5 cm³/mol. The third-order valence-electron chi connectivity index (χ3n) is 3.91. The third-order valence-corrected chi connectivity index (χ3v) is 3.91. The van der Waals surface area contributed by atoms with Crippen LogP contribution in [-0.4, -0.2) is 41.1 Å². The normalized spacial score (nSPS) is 15.7. The van der Waals surface area contributed by atoms with E-state index in [1.807, 2.05) is 34.6 Å². The Morgan fingerprint density at radius 1 is 1.09 bits per heavy atom. The van der Waals surface area contributed by atoms with Gasteiger partial charge in [0.1, 0.15) is 11.9 Å². The lowest BCUT2D eigenvalue weighted by atomic mass is 9.74. The van der Waals surface area contributed by atoms with E-state index >= 15 is 0 Å². The van der Waals surface area contributed by atoms with Gasteiger partial charge in [0.25, 0.3) is 5.91 Å². The summed E-state index contributed by atoms with van der Waals surface area (Å²) in [6, 6.07) is 0. The molecule has 0 aliphatic heterocycles. The molecule has 134 valence electrons. The highest BCUT2D eigenvalue weighted by Crippen LogP contribution is 2.31. The first kappa shape index (κ1) is 21.5. The first-order valence-corrected chi connectivity index (χ1v) is 7.82. The van der Waals surface area contributed by atoms with Crippen molar-refractivity contribution in [1.29, 1.82) is 0 Å².